The van der Waals surface area contributed by atoms with Crippen molar-refractivity contribution in [2.75, 3.05) is 26.2 Å². The summed E-state index contributed by atoms with van der Waals surface area (Å²) >= 11 is 0. The van der Waals surface area contributed by atoms with Crippen molar-refractivity contribution >= 4 is 11.7 Å². The molecule has 1 unspecified atom stereocenters. The van der Waals surface area contributed by atoms with Crippen LogP contribution in [0.3, 0.4) is 0 Å². The highest BCUT2D eigenvalue weighted by molar-refractivity contribution is 6.15. The zero-order chi connectivity index (χ0) is 22.3. The summed E-state index contributed by atoms with van der Waals surface area (Å²) in [5, 5.41) is 2.91. The van der Waals surface area contributed by atoms with Gasteiger partial charge in [0, 0.05) is 37.3 Å². The van der Waals surface area contributed by atoms with Crippen molar-refractivity contribution in [3.63, 3.8) is 0 Å². The predicted octanol–water partition coefficient (Wildman–Crippen LogP) is 3.69. The molecule has 1 amide bonds. The molecule has 3 aromatic carbocycles. The lowest BCUT2D eigenvalue weighted by Crippen LogP contribution is -2.47. The molecule has 3 aromatic rings. The van der Waals surface area contributed by atoms with Gasteiger partial charge in [0.1, 0.15) is 5.82 Å². The summed E-state index contributed by atoms with van der Waals surface area (Å²) in [6, 6.07) is 22.2. The summed E-state index contributed by atoms with van der Waals surface area (Å²) < 4.78 is 19.0. The van der Waals surface area contributed by atoms with Gasteiger partial charge in [-0.15, -0.1) is 0 Å². The van der Waals surface area contributed by atoms with Crippen LogP contribution in [0.15, 0.2) is 78.9 Å². The molecule has 6 heteroatoms. The summed E-state index contributed by atoms with van der Waals surface area (Å²) in [5.74, 6) is -1.07. The summed E-state index contributed by atoms with van der Waals surface area (Å²) in [5.41, 5.74) is 2.15. The summed E-state index contributed by atoms with van der Waals surface area (Å²) in [4.78, 5) is 28.1. The number of nitrogens with zero attached hydrogens (tertiary/aromatic N) is 1. The molecule has 1 heterocycles. The molecule has 0 aliphatic carbocycles. The smallest absolute Gasteiger partial charge is 0.252 e. The number of carbonyl (C=O) groups is 2. The van der Waals surface area contributed by atoms with Crippen molar-refractivity contribution in [1.29, 1.82) is 0 Å². The summed E-state index contributed by atoms with van der Waals surface area (Å²) in [7, 11) is 0. The molecule has 1 saturated heterocycles. The third-order valence-corrected chi connectivity index (χ3v) is 5.48. The fraction of sp³-hybridized carbons (Fsp3) is 0.231. The van der Waals surface area contributed by atoms with Crippen molar-refractivity contribution in [2.45, 2.75) is 12.6 Å². The molecule has 0 aromatic heterocycles. The first-order valence-corrected chi connectivity index (χ1v) is 10.7. The van der Waals surface area contributed by atoms with Crippen LogP contribution in [-0.4, -0.2) is 48.9 Å². The van der Waals surface area contributed by atoms with Crippen LogP contribution in [0.5, 0.6) is 0 Å². The molecule has 1 aliphatic heterocycles. The first kappa shape index (κ1) is 21.9. The largest absolute Gasteiger partial charge is 0.374 e. The second kappa shape index (κ2) is 10.3. The minimum Gasteiger partial charge on any atom is -0.374 e. The van der Waals surface area contributed by atoms with Crippen molar-refractivity contribution < 1.29 is 18.7 Å². The van der Waals surface area contributed by atoms with Gasteiger partial charge in [-0.05, 0) is 35.9 Å². The third-order valence-electron chi connectivity index (χ3n) is 5.48. The van der Waals surface area contributed by atoms with Gasteiger partial charge < -0.3 is 10.1 Å². The molecule has 32 heavy (non-hydrogen) atoms. The van der Waals surface area contributed by atoms with Gasteiger partial charge >= 0.3 is 0 Å². The van der Waals surface area contributed by atoms with Crippen LogP contribution in [0.1, 0.15) is 31.8 Å². The number of hydrogen-bond acceptors (Lipinski definition) is 4. The van der Waals surface area contributed by atoms with E-state index >= 15 is 0 Å². The molecule has 4 rings (SSSR count). The maximum absolute atomic E-state index is 13.2. The summed E-state index contributed by atoms with van der Waals surface area (Å²) in [6.45, 7) is 3.35. The molecule has 1 atom stereocenters. The van der Waals surface area contributed by atoms with Gasteiger partial charge in [0.05, 0.1) is 18.3 Å². The number of amides is 1. The Morgan fingerprint density at radius 2 is 1.62 bits per heavy atom. The molecule has 5 nitrogen and oxygen atoms in total. The number of hydrogen-bond donors (Lipinski definition) is 1. The molecule has 1 N–H and O–H groups in total. The van der Waals surface area contributed by atoms with E-state index in [-0.39, 0.29) is 23.4 Å². The number of rotatable bonds is 7. The zero-order valence-corrected chi connectivity index (χ0v) is 17.7. The van der Waals surface area contributed by atoms with Crippen LogP contribution in [0, 0.1) is 5.82 Å². The molecular weight excluding hydrogens is 407 g/mol. The third kappa shape index (κ3) is 5.46. The van der Waals surface area contributed by atoms with Gasteiger partial charge in [-0.1, -0.05) is 48.5 Å². The number of ether oxygens (including phenoxy) is 1. The Morgan fingerprint density at radius 1 is 0.938 bits per heavy atom. The van der Waals surface area contributed by atoms with Gasteiger partial charge in [-0.3, -0.25) is 14.5 Å². The van der Waals surface area contributed by atoms with Crippen LogP contribution in [0.4, 0.5) is 4.39 Å². The highest BCUT2D eigenvalue weighted by atomic mass is 19.1. The Morgan fingerprint density at radius 3 is 2.38 bits per heavy atom. The Bertz CT molecular complexity index is 1070. The van der Waals surface area contributed by atoms with Crippen LogP contribution >= 0.6 is 0 Å². The minimum atomic E-state index is -0.415. The highest BCUT2D eigenvalue weighted by Gasteiger charge is 2.23. The van der Waals surface area contributed by atoms with Gasteiger partial charge in [-0.2, -0.15) is 0 Å². The lowest BCUT2D eigenvalue weighted by atomic mass is 9.98. The van der Waals surface area contributed by atoms with E-state index in [2.05, 4.69) is 22.3 Å². The van der Waals surface area contributed by atoms with E-state index in [4.69, 9.17) is 4.74 Å². The second-order valence-corrected chi connectivity index (χ2v) is 7.81. The summed E-state index contributed by atoms with van der Waals surface area (Å²) in [6.07, 6.45) is -0.128. The molecule has 1 fully saturated rings. The molecule has 0 spiro atoms. The number of carbonyl (C=O) groups excluding carboxylic acids is 2. The van der Waals surface area contributed by atoms with Crippen LogP contribution in [0.2, 0.25) is 0 Å². The van der Waals surface area contributed by atoms with Gasteiger partial charge in [0.2, 0.25) is 0 Å². The van der Waals surface area contributed by atoms with Crippen LogP contribution < -0.4 is 5.32 Å². The van der Waals surface area contributed by atoms with E-state index in [0.29, 0.717) is 30.8 Å². The molecule has 164 valence electrons. The van der Waals surface area contributed by atoms with E-state index in [1.807, 2.05) is 18.2 Å². The quantitative estimate of drug-likeness (QED) is 0.579. The lowest BCUT2D eigenvalue weighted by molar-refractivity contribution is -0.0292. The zero-order valence-electron chi connectivity index (χ0n) is 17.7. The topological polar surface area (TPSA) is 58.6 Å². The number of nitrogens with one attached hydrogen (secondary N) is 1. The Labute approximate surface area is 186 Å². The molecule has 1 aliphatic rings. The van der Waals surface area contributed by atoms with Gasteiger partial charge in [0.25, 0.3) is 5.91 Å². The predicted molar refractivity (Wildman–Crippen MR) is 120 cm³/mol. The standard InChI is InChI=1S/C26H25FN2O3/c27-21-12-10-20(11-13-21)25(30)23-8-4-5-9-24(23)26(31)28-16-22-18-29(14-15-32-22)17-19-6-2-1-3-7-19/h1-13,22H,14-18H2,(H,28,31). The number of benzene rings is 3. The van der Waals surface area contributed by atoms with E-state index in [1.165, 1.54) is 29.8 Å². The highest BCUT2D eigenvalue weighted by Crippen LogP contribution is 2.16. The second-order valence-electron chi connectivity index (χ2n) is 7.81. The monoisotopic (exact) mass is 432 g/mol. The Kier molecular flexibility index (Phi) is 7.04. The van der Waals surface area contributed by atoms with Crippen molar-refractivity contribution in [2.24, 2.45) is 0 Å². The van der Waals surface area contributed by atoms with E-state index in [0.717, 1.165) is 13.1 Å². The first-order chi connectivity index (χ1) is 15.6. The average molecular weight is 432 g/mol. The fourth-order valence-electron chi connectivity index (χ4n) is 3.83. The Hall–Kier alpha value is -3.35. The van der Waals surface area contributed by atoms with Crippen molar-refractivity contribution in [3.05, 3.63) is 107 Å². The van der Waals surface area contributed by atoms with E-state index in [9.17, 15) is 14.0 Å². The molecule has 0 saturated carbocycles. The van der Waals surface area contributed by atoms with Crippen molar-refractivity contribution in [1.82, 2.24) is 10.2 Å². The van der Waals surface area contributed by atoms with Crippen LogP contribution in [0.25, 0.3) is 0 Å². The fourth-order valence-corrected chi connectivity index (χ4v) is 3.83. The SMILES string of the molecule is O=C(NCC1CN(Cc2ccccc2)CCO1)c1ccccc1C(=O)c1ccc(F)cc1. The normalized spacial score (nSPS) is 16.5. The van der Waals surface area contributed by atoms with Crippen LogP contribution in [-0.2, 0) is 11.3 Å². The lowest BCUT2D eigenvalue weighted by Gasteiger charge is -2.33. The Balaban J connectivity index is 1.38. The minimum absolute atomic E-state index is 0.128. The average Bonchev–Trinajstić information content (AvgIpc) is 2.83. The molecular formula is C26H25FN2O3. The maximum Gasteiger partial charge on any atom is 0.252 e. The van der Waals surface area contributed by atoms with Crippen molar-refractivity contribution in [3.8, 4) is 0 Å². The molecule has 0 bridgehead atoms. The number of halogens is 1. The van der Waals surface area contributed by atoms with E-state index in [1.54, 1.807) is 24.3 Å². The first-order valence-electron chi connectivity index (χ1n) is 10.7. The molecule has 0 radical (unpaired) electrons. The van der Waals surface area contributed by atoms with Gasteiger partial charge in [-0.25, -0.2) is 4.39 Å². The maximum atomic E-state index is 13.2. The number of morpholine rings is 1. The van der Waals surface area contributed by atoms with Gasteiger partial charge in [0.15, 0.2) is 5.78 Å². The van der Waals surface area contributed by atoms with E-state index < -0.39 is 5.82 Å². The number of ketones is 1.